The van der Waals surface area contributed by atoms with Gasteiger partial charge in [0, 0.05) is 6.07 Å². The Balaban J connectivity index is 2.23. The van der Waals surface area contributed by atoms with Crippen LogP contribution in [0.25, 0.3) is 0 Å². The Hall–Kier alpha value is -3.55. The molecule has 0 fully saturated rings. The number of anilines is 1. The number of carbonyl (C=O) groups is 3. The molecule has 0 saturated carbocycles. The Morgan fingerprint density at radius 3 is 2.12 bits per heavy atom. The Kier molecular flexibility index (Phi) is 3.57. The number of ether oxygens (including phenoxy) is 1. The van der Waals surface area contributed by atoms with Gasteiger partial charge in [-0.2, -0.15) is 0 Å². The maximum atomic E-state index is 12.5. The summed E-state index contributed by atoms with van der Waals surface area (Å²) in [6.45, 7) is 0. The van der Waals surface area contributed by atoms with E-state index in [1.54, 1.807) is 12.1 Å². The molecule has 0 saturated heterocycles. The molecule has 0 radical (unpaired) electrons. The second kappa shape index (κ2) is 5.58. The van der Waals surface area contributed by atoms with Gasteiger partial charge < -0.3 is 4.74 Å². The molecule has 120 valence electrons. The Bertz CT molecular complexity index is 870. The first-order valence-electron chi connectivity index (χ1n) is 6.81. The molecule has 2 aromatic rings. The number of carbonyl (C=O) groups excluding carboxylic acids is 3. The van der Waals surface area contributed by atoms with Crippen molar-refractivity contribution in [2.75, 3.05) is 12.0 Å². The zero-order valence-electron chi connectivity index (χ0n) is 12.4. The fourth-order valence-electron chi connectivity index (χ4n) is 2.59. The van der Waals surface area contributed by atoms with Gasteiger partial charge in [0.25, 0.3) is 17.5 Å². The molecule has 0 bridgehead atoms. The zero-order chi connectivity index (χ0) is 17.4. The Morgan fingerprint density at radius 1 is 1.04 bits per heavy atom. The highest BCUT2D eigenvalue weighted by Gasteiger charge is 2.40. The number of hydrogen-bond acceptors (Lipinski definition) is 6. The quantitative estimate of drug-likeness (QED) is 0.370. The summed E-state index contributed by atoms with van der Waals surface area (Å²) < 4.78 is 4.58. The van der Waals surface area contributed by atoms with Crippen LogP contribution in [0.4, 0.5) is 11.4 Å². The zero-order valence-corrected chi connectivity index (χ0v) is 12.4. The lowest BCUT2D eigenvalue weighted by Crippen LogP contribution is -2.31. The third-order valence-corrected chi connectivity index (χ3v) is 3.64. The third kappa shape index (κ3) is 2.12. The van der Waals surface area contributed by atoms with Crippen molar-refractivity contribution in [2.45, 2.75) is 0 Å². The number of nitro groups is 1. The van der Waals surface area contributed by atoms with Crippen molar-refractivity contribution in [3.05, 3.63) is 69.3 Å². The van der Waals surface area contributed by atoms with E-state index in [0.717, 1.165) is 18.1 Å². The van der Waals surface area contributed by atoms with Crippen molar-refractivity contribution in [3.8, 4) is 0 Å². The van der Waals surface area contributed by atoms with Crippen LogP contribution in [0.2, 0.25) is 0 Å². The fourth-order valence-corrected chi connectivity index (χ4v) is 2.59. The molecule has 8 heteroatoms. The molecule has 8 nitrogen and oxygen atoms in total. The first kappa shape index (κ1) is 15.3. The number of esters is 1. The van der Waals surface area contributed by atoms with Gasteiger partial charge in [-0.3, -0.25) is 19.7 Å². The van der Waals surface area contributed by atoms with Crippen molar-refractivity contribution in [3.63, 3.8) is 0 Å². The normalized spacial score (nSPS) is 13.0. The molecule has 1 aliphatic heterocycles. The van der Waals surface area contributed by atoms with Gasteiger partial charge >= 0.3 is 5.97 Å². The van der Waals surface area contributed by atoms with E-state index >= 15 is 0 Å². The average molecular weight is 326 g/mol. The SMILES string of the molecule is COC(=O)c1c(N2C(=O)c3ccccc3C2=O)cccc1[N+](=O)[O-]. The highest BCUT2D eigenvalue weighted by molar-refractivity contribution is 6.35. The van der Waals surface area contributed by atoms with Gasteiger partial charge in [0.15, 0.2) is 5.56 Å². The van der Waals surface area contributed by atoms with Gasteiger partial charge in [-0.05, 0) is 18.2 Å². The van der Waals surface area contributed by atoms with Gasteiger partial charge in [-0.25, -0.2) is 9.69 Å². The molecule has 0 N–H and O–H groups in total. The van der Waals surface area contributed by atoms with Crippen molar-refractivity contribution >= 4 is 29.2 Å². The molecule has 0 spiro atoms. The largest absolute Gasteiger partial charge is 0.465 e. The number of amides is 2. The van der Waals surface area contributed by atoms with E-state index in [0.29, 0.717) is 0 Å². The first-order valence-corrected chi connectivity index (χ1v) is 6.81. The molecule has 24 heavy (non-hydrogen) atoms. The van der Waals surface area contributed by atoms with Gasteiger partial charge in [0.05, 0.1) is 28.8 Å². The highest BCUT2D eigenvalue weighted by Crippen LogP contribution is 2.35. The van der Waals surface area contributed by atoms with E-state index < -0.39 is 34.0 Å². The highest BCUT2D eigenvalue weighted by atomic mass is 16.6. The predicted molar refractivity (Wildman–Crippen MR) is 82.0 cm³/mol. The van der Waals surface area contributed by atoms with E-state index in [4.69, 9.17) is 0 Å². The summed E-state index contributed by atoms with van der Waals surface area (Å²) in [5.41, 5.74) is -0.827. The van der Waals surface area contributed by atoms with Crippen LogP contribution in [0.5, 0.6) is 0 Å². The van der Waals surface area contributed by atoms with Gasteiger partial charge in [-0.1, -0.05) is 18.2 Å². The molecule has 2 aromatic carbocycles. The summed E-state index contributed by atoms with van der Waals surface area (Å²) in [4.78, 5) is 48.3. The molecule has 0 aliphatic carbocycles. The van der Waals surface area contributed by atoms with Crippen LogP contribution < -0.4 is 4.90 Å². The number of benzene rings is 2. The number of hydrogen-bond donors (Lipinski definition) is 0. The third-order valence-electron chi connectivity index (χ3n) is 3.64. The average Bonchev–Trinajstić information content (AvgIpc) is 2.85. The lowest BCUT2D eigenvalue weighted by atomic mass is 10.1. The second-order valence-corrected chi connectivity index (χ2v) is 4.91. The summed E-state index contributed by atoms with van der Waals surface area (Å²) in [6.07, 6.45) is 0. The Morgan fingerprint density at radius 2 is 1.62 bits per heavy atom. The standard InChI is InChI=1S/C16H10N2O6/c1-24-16(21)13-11(7-4-8-12(13)18(22)23)17-14(19)9-5-2-3-6-10(9)15(17)20/h2-8H,1H3. The number of methoxy groups -OCH3 is 1. The van der Waals surface area contributed by atoms with E-state index in [9.17, 15) is 24.5 Å². The Labute approximate surface area is 135 Å². The van der Waals surface area contributed by atoms with Crippen molar-refractivity contribution in [2.24, 2.45) is 0 Å². The van der Waals surface area contributed by atoms with E-state index in [2.05, 4.69) is 4.74 Å². The second-order valence-electron chi connectivity index (χ2n) is 4.91. The molecule has 0 aromatic heterocycles. The molecule has 1 aliphatic rings. The number of rotatable bonds is 3. The summed E-state index contributed by atoms with van der Waals surface area (Å²) in [7, 11) is 1.06. The van der Waals surface area contributed by atoms with E-state index in [-0.39, 0.29) is 16.8 Å². The smallest absolute Gasteiger partial charge is 0.347 e. The van der Waals surface area contributed by atoms with E-state index in [1.807, 2.05) is 0 Å². The molecular weight excluding hydrogens is 316 g/mol. The monoisotopic (exact) mass is 326 g/mol. The summed E-state index contributed by atoms with van der Waals surface area (Å²) in [6, 6.07) is 9.85. The van der Waals surface area contributed by atoms with Crippen LogP contribution >= 0.6 is 0 Å². The maximum absolute atomic E-state index is 12.5. The van der Waals surface area contributed by atoms with Crippen LogP contribution in [0, 0.1) is 10.1 Å². The van der Waals surface area contributed by atoms with Gasteiger partial charge in [-0.15, -0.1) is 0 Å². The van der Waals surface area contributed by atoms with Gasteiger partial charge in [0.1, 0.15) is 0 Å². The number of nitro benzene ring substituents is 1. The molecule has 0 atom stereocenters. The van der Waals surface area contributed by atoms with Crippen LogP contribution in [-0.2, 0) is 4.74 Å². The van der Waals surface area contributed by atoms with Crippen LogP contribution in [0.1, 0.15) is 31.1 Å². The van der Waals surface area contributed by atoms with Crippen LogP contribution in [0.15, 0.2) is 42.5 Å². The van der Waals surface area contributed by atoms with Crippen LogP contribution in [0.3, 0.4) is 0 Å². The lowest BCUT2D eigenvalue weighted by Gasteiger charge is -2.17. The molecule has 1 heterocycles. The summed E-state index contributed by atoms with van der Waals surface area (Å²) >= 11 is 0. The minimum Gasteiger partial charge on any atom is -0.465 e. The number of fused-ring (bicyclic) bond motifs is 1. The van der Waals surface area contributed by atoms with Crippen LogP contribution in [-0.4, -0.2) is 29.8 Å². The molecule has 3 rings (SSSR count). The summed E-state index contributed by atoms with van der Waals surface area (Å²) in [5.74, 6) is -2.31. The summed E-state index contributed by atoms with van der Waals surface area (Å²) in [5, 5.41) is 11.2. The van der Waals surface area contributed by atoms with Crippen molar-refractivity contribution in [1.82, 2.24) is 0 Å². The number of nitrogens with zero attached hydrogens (tertiary/aromatic N) is 2. The lowest BCUT2D eigenvalue weighted by molar-refractivity contribution is -0.385. The van der Waals surface area contributed by atoms with Crippen molar-refractivity contribution in [1.29, 1.82) is 0 Å². The maximum Gasteiger partial charge on any atom is 0.347 e. The predicted octanol–water partition coefficient (Wildman–Crippen LogP) is 2.18. The topological polar surface area (TPSA) is 107 Å². The van der Waals surface area contributed by atoms with Crippen molar-refractivity contribution < 1.29 is 24.0 Å². The first-order chi connectivity index (χ1) is 11.5. The van der Waals surface area contributed by atoms with Gasteiger partial charge in [0.2, 0.25) is 0 Å². The minimum atomic E-state index is -1.01. The number of imide groups is 1. The molecule has 2 amide bonds. The molecular formula is C16H10N2O6. The molecule has 0 unspecified atom stereocenters. The minimum absolute atomic E-state index is 0.171. The van der Waals surface area contributed by atoms with E-state index in [1.165, 1.54) is 24.3 Å². The fraction of sp³-hybridized carbons (Fsp3) is 0.0625.